The molecule has 0 aliphatic carbocycles. The van der Waals surface area contributed by atoms with E-state index in [0.717, 1.165) is 54.6 Å². The van der Waals surface area contributed by atoms with Crippen molar-refractivity contribution in [3.63, 3.8) is 0 Å². The lowest BCUT2D eigenvalue weighted by Gasteiger charge is -2.37. The van der Waals surface area contributed by atoms with Gasteiger partial charge in [0.1, 0.15) is 5.75 Å². The van der Waals surface area contributed by atoms with Crippen molar-refractivity contribution >= 4 is 28.2 Å². The molecule has 0 bridgehead atoms. The highest BCUT2D eigenvalue weighted by atomic mass is 32.1. The Balaban J connectivity index is 1.34. The number of aromatic nitrogens is 1. The Morgan fingerprint density at radius 1 is 1.32 bits per heavy atom. The fraction of sp³-hybridized carbons (Fsp3) is 0.481. The number of aryl methyl sites for hydroxylation is 2. The second kappa shape index (κ2) is 11.3. The van der Waals surface area contributed by atoms with Crippen LogP contribution < -0.4 is 4.74 Å². The monoisotopic (exact) mass is 482 g/mol. The number of aliphatic carboxylic acids is 1. The fourth-order valence-corrected chi connectivity index (χ4v) is 6.06. The van der Waals surface area contributed by atoms with Gasteiger partial charge in [0.15, 0.2) is 0 Å². The second-order valence-corrected chi connectivity index (χ2v) is 10.3. The summed E-state index contributed by atoms with van der Waals surface area (Å²) in [5.41, 5.74) is 2.98. The SMILES string of the molecule is COc1ccc2nccc([C@H](O)CC[C@@H]3CCN(CCCc4sccc4C)C[C@@H]3C(=O)O)c2c1. The summed E-state index contributed by atoms with van der Waals surface area (Å²) < 4.78 is 5.34. The van der Waals surface area contributed by atoms with Gasteiger partial charge in [-0.05, 0) is 105 Å². The Bertz CT molecular complexity index is 1110. The molecule has 1 aromatic carbocycles. The van der Waals surface area contributed by atoms with E-state index in [9.17, 15) is 15.0 Å². The van der Waals surface area contributed by atoms with E-state index < -0.39 is 18.0 Å². The van der Waals surface area contributed by atoms with Crippen LogP contribution in [0.5, 0.6) is 5.75 Å². The summed E-state index contributed by atoms with van der Waals surface area (Å²) in [7, 11) is 1.62. The third-order valence-electron chi connectivity index (χ3n) is 7.16. The Labute approximate surface area is 205 Å². The summed E-state index contributed by atoms with van der Waals surface area (Å²) in [6.07, 6.45) is 5.22. The lowest BCUT2D eigenvalue weighted by molar-refractivity contribution is -0.146. The summed E-state index contributed by atoms with van der Waals surface area (Å²) in [5, 5.41) is 23.9. The van der Waals surface area contributed by atoms with Gasteiger partial charge in [0, 0.05) is 23.0 Å². The molecule has 34 heavy (non-hydrogen) atoms. The normalized spacial score (nSPS) is 19.9. The lowest BCUT2D eigenvalue weighted by atomic mass is 9.81. The van der Waals surface area contributed by atoms with Crippen LogP contribution in [0, 0.1) is 18.8 Å². The van der Waals surface area contributed by atoms with E-state index in [1.54, 1.807) is 24.6 Å². The quantitative estimate of drug-likeness (QED) is 0.419. The largest absolute Gasteiger partial charge is 0.497 e. The Morgan fingerprint density at radius 3 is 2.91 bits per heavy atom. The van der Waals surface area contributed by atoms with Gasteiger partial charge in [-0.2, -0.15) is 0 Å². The Kier molecular flexibility index (Phi) is 8.19. The lowest BCUT2D eigenvalue weighted by Crippen LogP contribution is -2.44. The first-order valence-electron chi connectivity index (χ1n) is 12.0. The van der Waals surface area contributed by atoms with Crippen LogP contribution in [0.4, 0.5) is 0 Å². The Hall–Kier alpha value is -2.48. The number of fused-ring (bicyclic) bond motifs is 1. The number of aliphatic hydroxyl groups excluding tert-OH is 1. The molecular weight excluding hydrogens is 448 g/mol. The molecule has 3 atom stereocenters. The van der Waals surface area contributed by atoms with Crippen LogP contribution in [-0.4, -0.2) is 52.8 Å². The Morgan fingerprint density at radius 2 is 2.18 bits per heavy atom. The highest BCUT2D eigenvalue weighted by Gasteiger charge is 2.34. The van der Waals surface area contributed by atoms with E-state index in [4.69, 9.17) is 4.74 Å². The maximum absolute atomic E-state index is 12.1. The number of carboxylic acids is 1. The smallest absolute Gasteiger partial charge is 0.308 e. The maximum Gasteiger partial charge on any atom is 0.308 e. The van der Waals surface area contributed by atoms with E-state index in [2.05, 4.69) is 28.3 Å². The van der Waals surface area contributed by atoms with Crippen molar-refractivity contribution in [3.05, 3.63) is 57.9 Å². The van der Waals surface area contributed by atoms with Gasteiger partial charge in [-0.1, -0.05) is 0 Å². The molecule has 1 aliphatic rings. The first-order valence-corrected chi connectivity index (χ1v) is 12.9. The topological polar surface area (TPSA) is 82.9 Å². The van der Waals surface area contributed by atoms with Crippen LogP contribution in [0.1, 0.15) is 47.8 Å². The number of piperidine rings is 1. The van der Waals surface area contributed by atoms with Crippen molar-refractivity contribution < 1.29 is 19.7 Å². The second-order valence-electron chi connectivity index (χ2n) is 9.30. The summed E-state index contributed by atoms with van der Waals surface area (Å²) in [6, 6.07) is 9.65. The molecule has 7 heteroatoms. The maximum atomic E-state index is 12.1. The number of nitrogens with zero attached hydrogens (tertiary/aromatic N) is 2. The molecule has 2 aromatic heterocycles. The summed E-state index contributed by atoms with van der Waals surface area (Å²) in [5.74, 6) is -0.317. The molecule has 3 aromatic rings. The predicted octanol–water partition coefficient (Wildman–Crippen LogP) is 5.08. The molecule has 0 saturated carbocycles. The first kappa shape index (κ1) is 24.6. The van der Waals surface area contributed by atoms with Crippen molar-refractivity contribution in [2.75, 3.05) is 26.7 Å². The molecule has 1 saturated heterocycles. The minimum absolute atomic E-state index is 0.0746. The molecule has 4 rings (SSSR count). The number of likely N-dealkylation sites (tertiary alicyclic amines) is 1. The van der Waals surface area contributed by atoms with Gasteiger partial charge in [-0.15, -0.1) is 11.3 Å². The summed E-state index contributed by atoms with van der Waals surface area (Å²) >= 11 is 1.80. The molecule has 0 spiro atoms. The van der Waals surface area contributed by atoms with Crippen molar-refractivity contribution in [2.24, 2.45) is 11.8 Å². The van der Waals surface area contributed by atoms with Gasteiger partial charge < -0.3 is 19.8 Å². The predicted molar refractivity (Wildman–Crippen MR) is 136 cm³/mol. The average Bonchev–Trinajstić information content (AvgIpc) is 3.26. The molecule has 1 aliphatic heterocycles. The van der Waals surface area contributed by atoms with E-state index in [1.165, 1.54) is 10.4 Å². The van der Waals surface area contributed by atoms with Crippen LogP contribution in [0.15, 0.2) is 41.9 Å². The number of pyridine rings is 1. The van der Waals surface area contributed by atoms with E-state index >= 15 is 0 Å². The third-order valence-corrected chi connectivity index (χ3v) is 8.24. The zero-order chi connectivity index (χ0) is 24.1. The van der Waals surface area contributed by atoms with Crippen LogP contribution >= 0.6 is 11.3 Å². The molecular formula is C27H34N2O4S. The zero-order valence-electron chi connectivity index (χ0n) is 19.9. The molecule has 182 valence electrons. The van der Waals surface area contributed by atoms with Gasteiger partial charge in [0.2, 0.25) is 0 Å². The number of rotatable bonds is 10. The highest BCUT2D eigenvalue weighted by molar-refractivity contribution is 7.10. The van der Waals surface area contributed by atoms with Crippen molar-refractivity contribution in [1.82, 2.24) is 9.88 Å². The number of aliphatic hydroxyl groups is 1. The van der Waals surface area contributed by atoms with Crippen LogP contribution in [0.2, 0.25) is 0 Å². The van der Waals surface area contributed by atoms with Crippen LogP contribution in [-0.2, 0) is 11.2 Å². The molecule has 2 N–H and O–H groups in total. The minimum atomic E-state index is -0.725. The highest BCUT2D eigenvalue weighted by Crippen LogP contribution is 2.34. The number of carboxylic acid groups (broad SMARTS) is 1. The number of hydrogen-bond acceptors (Lipinski definition) is 6. The van der Waals surface area contributed by atoms with Gasteiger partial charge in [0.25, 0.3) is 0 Å². The number of thiophene rings is 1. The zero-order valence-corrected chi connectivity index (χ0v) is 20.8. The fourth-order valence-electron chi connectivity index (χ4n) is 5.11. The van der Waals surface area contributed by atoms with Gasteiger partial charge in [-0.3, -0.25) is 9.78 Å². The standard InChI is InChI=1S/C27H34N2O4S/c1-18-11-15-34-26(18)4-3-13-29-14-10-19(23(17-29)27(31)32)5-8-25(30)21-9-12-28-24-7-6-20(33-2)16-22(21)24/h6-7,9,11-12,15-16,19,23,25,30H,3-5,8,10,13-14,17H2,1-2H3,(H,31,32)/t19-,23+,25-/m1/s1. The van der Waals surface area contributed by atoms with Gasteiger partial charge in [-0.25, -0.2) is 0 Å². The van der Waals surface area contributed by atoms with Crippen LogP contribution in [0.25, 0.3) is 10.9 Å². The average molecular weight is 483 g/mol. The first-order chi connectivity index (χ1) is 16.5. The molecule has 0 radical (unpaired) electrons. The summed E-state index contributed by atoms with van der Waals surface area (Å²) in [4.78, 5) is 20.2. The van der Waals surface area contributed by atoms with Crippen molar-refractivity contribution in [1.29, 1.82) is 0 Å². The number of benzene rings is 1. The number of ether oxygens (including phenoxy) is 1. The van der Waals surface area contributed by atoms with Crippen LogP contribution in [0.3, 0.4) is 0 Å². The van der Waals surface area contributed by atoms with Crippen molar-refractivity contribution in [2.45, 2.75) is 45.1 Å². The molecule has 0 unspecified atom stereocenters. The molecule has 1 fully saturated rings. The van der Waals surface area contributed by atoms with Crippen molar-refractivity contribution in [3.8, 4) is 5.75 Å². The van der Waals surface area contributed by atoms with E-state index in [1.807, 2.05) is 24.3 Å². The van der Waals surface area contributed by atoms with E-state index in [-0.39, 0.29) is 5.92 Å². The van der Waals surface area contributed by atoms with Gasteiger partial charge >= 0.3 is 5.97 Å². The molecule has 3 heterocycles. The summed E-state index contributed by atoms with van der Waals surface area (Å²) in [6.45, 7) is 4.59. The van der Waals surface area contributed by atoms with Gasteiger partial charge in [0.05, 0.1) is 24.6 Å². The minimum Gasteiger partial charge on any atom is -0.497 e. The number of hydrogen-bond donors (Lipinski definition) is 2. The molecule has 0 amide bonds. The number of methoxy groups -OCH3 is 1. The third kappa shape index (κ3) is 5.77. The number of carbonyl (C=O) groups is 1. The molecule has 6 nitrogen and oxygen atoms in total. The van der Waals surface area contributed by atoms with E-state index in [0.29, 0.717) is 19.4 Å².